The van der Waals surface area contributed by atoms with E-state index < -0.39 is 79.7 Å². The van der Waals surface area contributed by atoms with E-state index in [0.717, 1.165) is 48.7 Å². The SMILES string of the molecule is C=C[C@@H]1C[C@]1(NC(=O)[C@@H]1C[C@@H]2CN1C(=O)[C@H](C(C)(C)C)NC(=O)O[C@]1(C)C[C@H]1CCCCCc1nc3ccc(OC)cc3cc1O2)C(=O)NS(=O)(=O)C1CC1. The third kappa shape index (κ3) is 7.99. The van der Waals surface area contributed by atoms with Crippen LogP contribution in [-0.2, 0) is 35.6 Å². The highest BCUT2D eigenvalue weighted by Gasteiger charge is 2.62. The molecule has 7 rings (SSSR count). The van der Waals surface area contributed by atoms with Crippen molar-refractivity contribution in [3.63, 3.8) is 0 Å². The van der Waals surface area contributed by atoms with Gasteiger partial charge < -0.3 is 29.7 Å². The number of rotatable bonds is 7. The third-order valence-corrected chi connectivity index (χ3v) is 13.8. The summed E-state index contributed by atoms with van der Waals surface area (Å²) in [6.07, 6.45) is 6.35. The molecule has 7 atom stereocenters. The molecular formula is C40H53N5O9S. The van der Waals surface area contributed by atoms with E-state index in [1.54, 1.807) is 7.11 Å². The van der Waals surface area contributed by atoms with E-state index in [1.807, 2.05) is 52.0 Å². The van der Waals surface area contributed by atoms with Crippen molar-refractivity contribution in [2.24, 2.45) is 17.3 Å². The van der Waals surface area contributed by atoms with Crippen LogP contribution in [0.4, 0.5) is 4.79 Å². The standard InChI is InChI=1S/C40H53N5O9S/c1-7-24-21-40(24,36(48)44-55(50,51)28-14-15-28)43-34(46)31-19-27-22-45(31)35(47)33(38(2,3)4)42-37(49)54-39(5)20-25(39)11-9-8-10-12-30-32(53-27)18-23-17-26(52-6)13-16-29(23)41-30/h7,13,16-18,24-25,27-28,31,33H,1,8-12,14-15,19-22H2,2-6H3,(H,42,49)(H,43,46)(H,44,48)/t24-,25-,27-,31+,33-,39-,40-/m1/s1. The Hall–Kier alpha value is -4.40. The number of aromatic nitrogens is 1. The van der Waals surface area contributed by atoms with Gasteiger partial charge in [-0.3, -0.25) is 19.1 Å². The Morgan fingerprint density at radius 1 is 1.11 bits per heavy atom. The van der Waals surface area contributed by atoms with Crippen LogP contribution in [0.5, 0.6) is 11.5 Å². The summed E-state index contributed by atoms with van der Waals surface area (Å²) in [4.78, 5) is 62.5. The third-order valence-electron chi connectivity index (χ3n) is 12.0. The molecule has 2 aromatic rings. The topological polar surface area (TPSA) is 182 Å². The first kappa shape index (κ1) is 38.9. The van der Waals surface area contributed by atoms with Crippen molar-refractivity contribution in [1.29, 1.82) is 0 Å². The first-order chi connectivity index (χ1) is 26.0. The van der Waals surface area contributed by atoms with E-state index in [-0.39, 0.29) is 25.3 Å². The highest BCUT2D eigenvalue weighted by atomic mass is 32.2. The van der Waals surface area contributed by atoms with Crippen LogP contribution in [0.2, 0.25) is 0 Å². The maximum atomic E-state index is 14.7. The second-order valence-electron chi connectivity index (χ2n) is 17.3. The minimum atomic E-state index is -3.90. The van der Waals surface area contributed by atoms with Crippen molar-refractivity contribution < 1.29 is 41.8 Å². The van der Waals surface area contributed by atoms with Gasteiger partial charge in [-0.15, -0.1) is 6.58 Å². The van der Waals surface area contributed by atoms with E-state index >= 15 is 0 Å². The van der Waals surface area contributed by atoms with Crippen molar-refractivity contribution >= 4 is 44.7 Å². The molecule has 3 aliphatic carbocycles. The number of carbonyl (C=O) groups is 4. The van der Waals surface area contributed by atoms with Gasteiger partial charge >= 0.3 is 6.09 Å². The zero-order chi connectivity index (χ0) is 39.5. The fourth-order valence-corrected chi connectivity index (χ4v) is 9.52. The lowest BCUT2D eigenvalue weighted by Gasteiger charge is -2.35. The summed E-state index contributed by atoms with van der Waals surface area (Å²) in [5.74, 6) is -1.08. The van der Waals surface area contributed by atoms with E-state index in [0.29, 0.717) is 30.8 Å². The van der Waals surface area contributed by atoms with Crippen LogP contribution in [0, 0.1) is 17.3 Å². The summed E-state index contributed by atoms with van der Waals surface area (Å²) in [6, 6.07) is 5.35. The van der Waals surface area contributed by atoms with Gasteiger partial charge in [-0.1, -0.05) is 39.7 Å². The van der Waals surface area contributed by atoms with E-state index in [4.69, 9.17) is 19.2 Å². The number of aryl methyl sites for hydroxylation is 1. The zero-order valence-electron chi connectivity index (χ0n) is 32.3. The van der Waals surface area contributed by atoms with Crippen molar-refractivity contribution in [2.45, 2.75) is 126 Å². The van der Waals surface area contributed by atoms with Gasteiger partial charge in [0.05, 0.1) is 30.1 Å². The number of hydrogen-bond donors (Lipinski definition) is 3. The molecule has 3 saturated carbocycles. The molecule has 2 bridgehead atoms. The molecule has 15 heteroatoms. The lowest BCUT2D eigenvalue weighted by Crippen LogP contribution is -2.60. The van der Waals surface area contributed by atoms with Crippen molar-refractivity contribution in [1.82, 2.24) is 25.2 Å². The molecule has 1 aromatic carbocycles. The van der Waals surface area contributed by atoms with Gasteiger partial charge in [-0.05, 0) is 81.5 Å². The summed E-state index contributed by atoms with van der Waals surface area (Å²) in [7, 11) is -2.30. The number of methoxy groups -OCH3 is 1. The van der Waals surface area contributed by atoms with Crippen LogP contribution in [0.3, 0.4) is 0 Å². The Bertz CT molecular complexity index is 2010. The Labute approximate surface area is 322 Å². The molecule has 0 spiro atoms. The summed E-state index contributed by atoms with van der Waals surface area (Å²) in [6.45, 7) is 11.2. The van der Waals surface area contributed by atoms with Crippen LogP contribution in [-0.4, -0.2) is 90.3 Å². The second-order valence-corrected chi connectivity index (χ2v) is 19.3. The van der Waals surface area contributed by atoms with E-state index in [2.05, 4.69) is 21.9 Å². The molecule has 0 radical (unpaired) electrons. The number of benzene rings is 1. The number of nitrogens with zero attached hydrogens (tertiary/aromatic N) is 2. The van der Waals surface area contributed by atoms with Crippen LogP contribution in [0.1, 0.15) is 91.2 Å². The normalized spacial score (nSPS) is 31.3. The molecule has 0 unspecified atom stereocenters. The van der Waals surface area contributed by atoms with Gasteiger partial charge in [0.2, 0.25) is 21.8 Å². The number of hydrogen-bond acceptors (Lipinski definition) is 10. The molecule has 1 saturated heterocycles. The van der Waals surface area contributed by atoms with Crippen LogP contribution < -0.4 is 24.8 Å². The quantitative estimate of drug-likeness (QED) is 0.343. The second kappa shape index (κ2) is 14.3. The van der Waals surface area contributed by atoms with Gasteiger partial charge in [-0.2, -0.15) is 0 Å². The number of amides is 4. The average Bonchev–Trinajstić information content (AvgIpc) is 4.07. The first-order valence-corrected chi connectivity index (χ1v) is 21.0. The number of nitrogens with one attached hydrogen (secondary N) is 3. The number of sulfonamides is 1. The highest BCUT2D eigenvalue weighted by molar-refractivity contribution is 7.91. The summed E-state index contributed by atoms with van der Waals surface area (Å²) >= 11 is 0. The molecule has 2 aliphatic heterocycles. The molecule has 4 fully saturated rings. The van der Waals surface area contributed by atoms with Gasteiger partial charge in [0.25, 0.3) is 5.91 Å². The van der Waals surface area contributed by atoms with Gasteiger partial charge in [0.1, 0.15) is 40.8 Å². The molecular weight excluding hydrogens is 727 g/mol. The largest absolute Gasteiger partial charge is 0.497 e. The van der Waals surface area contributed by atoms with Crippen LogP contribution in [0.25, 0.3) is 10.9 Å². The molecule has 14 nitrogen and oxygen atoms in total. The number of carbonyl (C=O) groups excluding carboxylic acids is 4. The predicted molar refractivity (Wildman–Crippen MR) is 204 cm³/mol. The molecule has 1 aromatic heterocycles. The zero-order valence-corrected chi connectivity index (χ0v) is 33.1. The van der Waals surface area contributed by atoms with E-state index in [1.165, 1.54) is 11.0 Å². The Morgan fingerprint density at radius 2 is 1.87 bits per heavy atom. The smallest absolute Gasteiger partial charge is 0.408 e. The maximum Gasteiger partial charge on any atom is 0.408 e. The van der Waals surface area contributed by atoms with Gasteiger partial charge in [0.15, 0.2) is 0 Å². The Balaban J connectivity index is 1.22. The van der Waals surface area contributed by atoms with Crippen molar-refractivity contribution in [3.8, 4) is 11.5 Å². The van der Waals surface area contributed by atoms with Crippen LogP contribution in [0.15, 0.2) is 36.9 Å². The molecule has 5 aliphatic rings. The fraction of sp³-hybridized carbons (Fsp3) is 0.625. The average molecular weight is 780 g/mol. The first-order valence-electron chi connectivity index (χ1n) is 19.4. The Kier molecular flexibility index (Phi) is 10.1. The minimum Gasteiger partial charge on any atom is -0.497 e. The number of ether oxygens (including phenoxy) is 3. The van der Waals surface area contributed by atoms with Crippen molar-refractivity contribution in [3.05, 3.63) is 42.6 Å². The minimum absolute atomic E-state index is 0.00422. The maximum absolute atomic E-state index is 14.7. The Morgan fingerprint density at radius 3 is 2.55 bits per heavy atom. The lowest BCUT2D eigenvalue weighted by atomic mass is 9.85. The predicted octanol–water partition coefficient (Wildman–Crippen LogP) is 4.30. The van der Waals surface area contributed by atoms with Crippen molar-refractivity contribution in [2.75, 3.05) is 13.7 Å². The number of alkyl carbamates (subject to hydrolysis) is 1. The number of fused-ring (bicyclic) bond motifs is 5. The van der Waals surface area contributed by atoms with Gasteiger partial charge in [-0.25, -0.2) is 18.2 Å². The summed E-state index contributed by atoms with van der Waals surface area (Å²) in [5, 5.41) is 5.83. The number of pyridine rings is 1. The molecule has 4 amide bonds. The molecule has 3 N–H and O–H groups in total. The molecule has 298 valence electrons. The molecule has 55 heavy (non-hydrogen) atoms. The highest BCUT2D eigenvalue weighted by Crippen LogP contribution is 2.50. The fourth-order valence-electron chi connectivity index (χ4n) is 8.15. The van der Waals surface area contributed by atoms with Crippen LogP contribution >= 0.6 is 0 Å². The summed E-state index contributed by atoms with van der Waals surface area (Å²) in [5.41, 5.74) is -1.41. The van der Waals surface area contributed by atoms with Gasteiger partial charge in [0, 0.05) is 23.6 Å². The van der Waals surface area contributed by atoms with E-state index in [9.17, 15) is 27.6 Å². The summed E-state index contributed by atoms with van der Waals surface area (Å²) < 4.78 is 45.8. The lowest BCUT2D eigenvalue weighted by molar-refractivity contribution is -0.143. The monoisotopic (exact) mass is 779 g/mol. The molecule has 3 heterocycles.